The first-order chi connectivity index (χ1) is 7.24. The summed E-state index contributed by atoms with van der Waals surface area (Å²) in [4.78, 5) is 21.8. The molecular formula is C11H21NO4. The maximum Gasteiger partial charge on any atom is 0.407 e. The quantitative estimate of drug-likeness (QED) is 0.759. The predicted molar refractivity (Wildman–Crippen MR) is 60.3 cm³/mol. The van der Waals surface area contributed by atoms with E-state index in [0.717, 1.165) is 0 Å². The first-order valence-corrected chi connectivity index (χ1v) is 5.43. The van der Waals surface area contributed by atoms with Gasteiger partial charge in [0.2, 0.25) is 0 Å². The van der Waals surface area contributed by atoms with E-state index in [2.05, 4.69) is 5.32 Å². The Kier molecular flexibility index (Phi) is 5.85. The molecule has 0 saturated heterocycles. The summed E-state index contributed by atoms with van der Waals surface area (Å²) in [6.45, 7) is 7.56. The average molecular weight is 231 g/mol. The van der Waals surface area contributed by atoms with Crippen LogP contribution in [0.1, 0.15) is 40.5 Å². The van der Waals surface area contributed by atoms with E-state index in [1.807, 2.05) is 6.92 Å². The number of carboxylic acid groups (broad SMARTS) is 1. The van der Waals surface area contributed by atoms with Crippen LogP contribution < -0.4 is 5.32 Å². The van der Waals surface area contributed by atoms with Crippen LogP contribution in [0.2, 0.25) is 0 Å². The van der Waals surface area contributed by atoms with Crippen LogP contribution in [0.15, 0.2) is 0 Å². The zero-order valence-corrected chi connectivity index (χ0v) is 10.4. The van der Waals surface area contributed by atoms with E-state index in [9.17, 15) is 9.59 Å². The minimum absolute atomic E-state index is 0.0509. The Bertz CT molecular complexity index is 245. The Morgan fingerprint density at radius 2 is 1.94 bits per heavy atom. The lowest BCUT2D eigenvalue weighted by molar-refractivity contribution is -0.138. The second kappa shape index (κ2) is 6.35. The largest absolute Gasteiger partial charge is 0.481 e. The average Bonchev–Trinajstić information content (AvgIpc) is 2.08. The van der Waals surface area contributed by atoms with Crippen LogP contribution in [-0.2, 0) is 9.53 Å². The molecule has 0 heterocycles. The van der Waals surface area contributed by atoms with Gasteiger partial charge in [-0.25, -0.2) is 4.79 Å². The molecule has 5 nitrogen and oxygen atoms in total. The molecule has 0 aromatic rings. The molecule has 0 fully saturated rings. The molecule has 0 aromatic carbocycles. The van der Waals surface area contributed by atoms with Crippen molar-refractivity contribution in [2.75, 3.05) is 6.54 Å². The molecule has 0 saturated carbocycles. The molecule has 94 valence electrons. The van der Waals surface area contributed by atoms with Crippen LogP contribution in [-0.4, -0.2) is 29.3 Å². The van der Waals surface area contributed by atoms with Gasteiger partial charge >= 0.3 is 12.1 Å². The normalized spacial score (nSPS) is 13.0. The van der Waals surface area contributed by atoms with Crippen molar-refractivity contribution in [2.24, 2.45) is 5.92 Å². The number of alkyl carbamates (subject to hydrolysis) is 1. The summed E-state index contributed by atoms with van der Waals surface area (Å²) in [5, 5.41) is 11.2. The summed E-state index contributed by atoms with van der Waals surface area (Å²) < 4.78 is 5.04. The standard InChI is InChI=1S/C11H21NO4/c1-5-8(6-9(13)14)7-12-10(15)16-11(2,3)4/h8H,5-7H2,1-4H3,(H,12,15)(H,13,14). The topological polar surface area (TPSA) is 75.6 Å². The highest BCUT2D eigenvalue weighted by molar-refractivity contribution is 5.68. The number of ether oxygens (including phenoxy) is 1. The molecule has 0 spiro atoms. The summed E-state index contributed by atoms with van der Waals surface area (Å²) in [6, 6.07) is 0. The van der Waals surface area contributed by atoms with Crippen LogP contribution in [0.4, 0.5) is 4.79 Å². The van der Waals surface area contributed by atoms with Crippen LogP contribution in [0.3, 0.4) is 0 Å². The van der Waals surface area contributed by atoms with Crippen molar-refractivity contribution in [2.45, 2.75) is 46.1 Å². The third-order valence-electron chi connectivity index (χ3n) is 1.97. The molecule has 0 aliphatic carbocycles. The van der Waals surface area contributed by atoms with E-state index in [0.29, 0.717) is 13.0 Å². The van der Waals surface area contributed by atoms with E-state index in [-0.39, 0.29) is 12.3 Å². The number of carbonyl (C=O) groups is 2. The third kappa shape index (κ3) is 8.08. The fraction of sp³-hybridized carbons (Fsp3) is 0.818. The SMILES string of the molecule is CCC(CNC(=O)OC(C)(C)C)CC(=O)O. The maximum atomic E-state index is 11.3. The van der Waals surface area contributed by atoms with Crippen molar-refractivity contribution < 1.29 is 19.4 Å². The molecule has 0 radical (unpaired) electrons. The summed E-state index contributed by atoms with van der Waals surface area (Å²) in [5.41, 5.74) is -0.529. The Hall–Kier alpha value is -1.26. The molecule has 1 atom stereocenters. The van der Waals surface area contributed by atoms with E-state index < -0.39 is 17.7 Å². The molecule has 16 heavy (non-hydrogen) atoms. The summed E-state index contributed by atoms with van der Waals surface area (Å²) >= 11 is 0. The number of hydrogen-bond donors (Lipinski definition) is 2. The van der Waals surface area contributed by atoms with Gasteiger partial charge in [-0.3, -0.25) is 4.79 Å². The zero-order chi connectivity index (χ0) is 12.8. The Labute approximate surface area is 96.2 Å². The number of aliphatic carboxylic acids is 1. The number of carbonyl (C=O) groups excluding carboxylic acids is 1. The van der Waals surface area contributed by atoms with Gasteiger partial charge in [-0.05, 0) is 26.7 Å². The van der Waals surface area contributed by atoms with Crippen LogP contribution in [0, 0.1) is 5.92 Å². The maximum absolute atomic E-state index is 11.3. The highest BCUT2D eigenvalue weighted by Gasteiger charge is 2.17. The lowest BCUT2D eigenvalue weighted by atomic mass is 10.0. The Morgan fingerprint density at radius 1 is 1.38 bits per heavy atom. The molecule has 0 aliphatic rings. The predicted octanol–water partition coefficient (Wildman–Crippen LogP) is 2.01. The molecule has 0 aliphatic heterocycles. The minimum Gasteiger partial charge on any atom is -0.481 e. The summed E-state index contributed by atoms with van der Waals surface area (Å²) in [5.74, 6) is -0.900. The molecular weight excluding hydrogens is 210 g/mol. The monoisotopic (exact) mass is 231 g/mol. The van der Waals surface area contributed by atoms with E-state index in [1.165, 1.54) is 0 Å². The first-order valence-electron chi connectivity index (χ1n) is 5.43. The van der Waals surface area contributed by atoms with Crippen molar-refractivity contribution in [1.82, 2.24) is 5.32 Å². The number of carboxylic acids is 1. The third-order valence-corrected chi connectivity index (χ3v) is 1.97. The van der Waals surface area contributed by atoms with Gasteiger partial charge in [-0.2, -0.15) is 0 Å². The fourth-order valence-electron chi connectivity index (χ4n) is 1.15. The fourth-order valence-corrected chi connectivity index (χ4v) is 1.15. The highest BCUT2D eigenvalue weighted by Crippen LogP contribution is 2.09. The van der Waals surface area contributed by atoms with E-state index >= 15 is 0 Å². The molecule has 0 bridgehead atoms. The molecule has 2 N–H and O–H groups in total. The van der Waals surface area contributed by atoms with Crippen molar-refractivity contribution in [3.8, 4) is 0 Å². The lowest BCUT2D eigenvalue weighted by Gasteiger charge is -2.21. The zero-order valence-electron chi connectivity index (χ0n) is 10.4. The van der Waals surface area contributed by atoms with Gasteiger partial charge in [0.15, 0.2) is 0 Å². The second-order valence-electron chi connectivity index (χ2n) is 4.75. The lowest BCUT2D eigenvalue weighted by Crippen LogP contribution is -2.35. The molecule has 1 unspecified atom stereocenters. The summed E-state index contributed by atoms with van der Waals surface area (Å²) in [6.07, 6.45) is 0.269. The van der Waals surface area contributed by atoms with E-state index in [4.69, 9.17) is 9.84 Å². The molecule has 0 rings (SSSR count). The van der Waals surface area contributed by atoms with Crippen LogP contribution >= 0.6 is 0 Å². The number of hydrogen-bond acceptors (Lipinski definition) is 3. The van der Waals surface area contributed by atoms with Gasteiger partial charge in [0.25, 0.3) is 0 Å². The molecule has 1 amide bonds. The smallest absolute Gasteiger partial charge is 0.407 e. The number of amides is 1. The van der Waals surface area contributed by atoms with Gasteiger partial charge in [-0.15, -0.1) is 0 Å². The van der Waals surface area contributed by atoms with Gasteiger partial charge in [0.1, 0.15) is 5.60 Å². The van der Waals surface area contributed by atoms with Gasteiger partial charge in [0.05, 0.1) is 0 Å². The van der Waals surface area contributed by atoms with Crippen molar-refractivity contribution in [1.29, 1.82) is 0 Å². The van der Waals surface area contributed by atoms with Gasteiger partial charge in [-0.1, -0.05) is 13.3 Å². The van der Waals surface area contributed by atoms with Gasteiger partial charge < -0.3 is 15.2 Å². The highest BCUT2D eigenvalue weighted by atomic mass is 16.6. The first kappa shape index (κ1) is 14.7. The Balaban J connectivity index is 3.93. The van der Waals surface area contributed by atoms with Gasteiger partial charge in [0, 0.05) is 13.0 Å². The second-order valence-corrected chi connectivity index (χ2v) is 4.75. The van der Waals surface area contributed by atoms with Crippen LogP contribution in [0.25, 0.3) is 0 Å². The van der Waals surface area contributed by atoms with Crippen molar-refractivity contribution in [3.63, 3.8) is 0 Å². The Morgan fingerprint density at radius 3 is 2.31 bits per heavy atom. The number of nitrogens with one attached hydrogen (secondary N) is 1. The minimum atomic E-state index is -0.849. The van der Waals surface area contributed by atoms with Crippen molar-refractivity contribution in [3.05, 3.63) is 0 Å². The molecule has 5 heteroatoms. The summed E-state index contributed by atoms with van der Waals surface area (Å²) in [7, 11) is 0. The molecule has 0 aromatic heterocycles. The van der Waals surface area contributed by atoms with Crippen LogP contribution in [0.5, 0.6) is 0 Å². The van der Waals surface area contributed by atoms with Crippen molar-refractivity contribution >= 4 is 12.1 Å². The number of rotatable bonds is 5. The van der Waals surface area contributed by atoms with E-state index in [1.54, 1.807) is 20.8 Å².